The van der Waals surface area contributed by atoms with Gasteiger partial charge in [0.25, 0.3) is 0 Å². The van der Waals surface area contributed by atoms with Gasteiger partial charge in [-0.1, -0.05) is 30.3 Å². The number of para-hydroxylation sites is 1. The molecule has 0 amide bonds. The number of fused-ring (bicyclic) bond motifs is 1. The molecule has 0 atom stereocenters. The lowest BCUT2D eigenvalue weighted by Crippen LogP contribution is -1.88. The Labute approximate surface area is 98.4 Å². The average molecular weight is 222 g/mol. The molecular formula is C14H10N2O. The van der Waals surface area contributed by atoms with Crippen molar-refractivity contribution in [2.24, 2.45) is 0 Å². The van der Waals surface area contributed by atoms with Crippen molar-refractivity contribution in [1.82, 2.24) is 9.97 Å². The van der Waals surface area contributed by atoms with E-state index >= 15 is 0 Å². The van der Waals surface area contributed by atoms with E-state index in [0.29, 0.717) is 0 Å². The molecule has 3 nitrogen and oxygen atoms in total. The van der Waals surface area contributed by atoms with E-state index in [1.165, 1.54) is 0 Å². The van der Waals surface area contributed by atoms with Crippen LogP contribution in [0.25, 0.3) is 22.2 Å². The van der Waals surface area contributed by atoms with Crippen molar-refractivity contribution in [3.63, 3.8) is 0 Å². The molecule has 82 valence electrons. The predicted octanol–water partition coefficient (Wildman–Crippen LogP) is 3.00. The molecule has 0 saturated heterocycles. The Morgan fingerprint density at radius 3 is 2.65 bits per heavy atom. The van der Waals surface area contributed by atoms with Gasteiger partial charge in [0.1, 0.15) is 12.1 Å². The Balaban J connectivity index is 2.30. The van der Waals surface area contributed by atoms with Crippen LogP contribution in [0.15, 0.2) is 54.9 Å². The molecule has 0 unspecified atom stereocenters. The third kappa shape index (κ3) is 1.72. The zero-order valence-corrected chi connectivity index (χ0v) is 9.04. The quantitative estimate of drug-likeness (QED) is 0.688. The molecule has 0 aliphatic rings. The number of hydrogen-bond acceptors (Lipinski definition) is 3. The van der Waals surface area contributed by atoms with E-state index in [0.717, 1.165) is 22.2 Å². The molecule has 0 fully saturated rings. The van der Waals surface area contributed by atoms with Gasteiger partial charge in [0.05, 0.1) is 11.2 Å². The molecule has 3 heteroatoms. The normalized spacial score (nSPS) is 10.6. The summed E-state index contributed by atoms with van der Waals surface area (Å²) >= 11 is 0. The smallest absolute Gasteiger partial charge is 0.116 e. The second-order valence-corrected chi connectivity index (χ2v) is 3.79. The predicted molar refractivity (Wildman–Crippen MR) is 66.6 cm³/mol. The summed E-state index contributed by atoms with van der Waals surface area (Å²) in [5.74, 6) is 0.241. The van der Waals surface area contributed by atoms with Crippen molar-refractivity contribution < 1.29 is 5.11 Å². The molecule has 3 rings (SSSR count). The number of phenolic OH excluding ortho intramolecular Hbond substituents is 1. The summed E-state index contributed by atoms with van der Waals surface area (Å²) in [6.07, 6.45) is 1.54. The number of aromatic nitrogens is 2. The highest BCUT2D eigenvalue weighted by atomic mass is 16.3. The van der Waals surface area contributed by atoms with Crippen molar-refractivity contribution in [2.45, 2.75) is 0 Å². The topological polar surface area (TPSA) is 46.0 Å². The summed E-state index contributed by atoms with van der Waals surface area (Å²) in [7, 11) is 0. The van der Waals surface area contributed by atoms with E-state index in [2.05, 4.69) is 9.97 Å². The Bertz CT molecular complexity index is 674. The molecule has 3 aromatic rings. The Morgan fingerprint density at radius 1 is 0.882 bits per heavy atom. The monoisotopic (exact) mass is 222 g/mol. The molecule has 0 bridgehead atoms. The number of nitrogens with zero attached hydrogens (tertiary/aromatic N) is 2. The van der Waals surface area contributed by atoms with Crippen LogP contribution in [0.2, 0.25) is 0 Å². The summed E-state index contributed by atoms with van der Waals surface area (Å²) < 4.78 is 0. The van der Waals surface area contributed by atoms with E-state index in [1.54, 1.807) is 18.5 Å². The van der Waals surface area contributed by atoms with Gasteiger partial charge in [0.15, 0.2) is 0 Å². The molecule has 0 aliphatic carbocycles. The summed E-state index contributed by atoms with van der Waals surface area (Å²) in [4.78, 5) is 8.51. The maximum absolute atomic E-state index is 9.50. The summed E-state index contributed by atoms with van der Waals surface area (Å²) in [5, 5.41) is 10.5. The number of aromatic hydroxyl groups is 1. The van der Waals surface area contributed by atoms with Crippen LogP contribution in [0, 0.1) is 0 Å². The molecule has 1 aromatic heterocycles. The summed E-state index contributed by atoms with van der Waals surface area (Å²) in [6, 6.07) is 14.9. The van der Waals surface area contributed by atoms with Gasteiger partial charge >= 0.3 is 0 Å². The van der Waals surface area contributed by atoms with Gasteiger partial charge in [-0.2, -0.15) is 0 Å². The maximum Gasteiger partial charge on any atom is 0.116 e. The lowest BCUT2D eigenvalue weighted by Gasteiger charge is -2.05. The molecule has 0 aliphatic heterocycles. The minimum Gasteiger partial charge on any atom is -0.508 e. The Hall–Kier alpha value is -2.42. The van der Waals surface area contributed by atoms with Crippen molar-refractivity contribution in [3.05, 3.63) is 54.9 Å². The van der Waals surface area contributed by atoms with Crippen LogP contribution in [-0.4, -0.2) is 15.1 Å². The van der Waals surface area contributed by atoms with Gasteiger partial charge in [0, 0.05) is 10.9 Å². The van der Waals surface area contributed by atoms with Gasteiger partial charge in [-0.25, -0.2) is 9.97 Å². The van der Waals surface area contributed by atoms with Crippen molar-refractivity contribution in [2.75, 3.05) is 0 Å². The van der Waals surface area contributed by atoms with Crippen LogP contribution >= 0.6 is 0 Å². The molecule has 1 N–H and O–H groups in total. The van der Waals surface area contributed by atoms with Crippen molar-refractivity contribution >= 4 is 10.9 Å². The number of phenols is 1. The minimum absolute atomic E-state index is 0.241. The van der Waals surface area contributed by atoms with E-state index < -0.39 is 0 Å². The highest BCUT2D eigenvalue weighted by Gasteiger charge is 2.05. The third-order valence-electron chi connectivity index (χ3n) is 2.66. The van der Waals surface area contributed by atoms with Gasteiger partial charge in [-0.15, -0.1) is 0 Å². The second-order valence-electron chi connectivity index (χ2n) is 3.79. The first-order chi connectivity index (χ1) is 8.34. The lowest BCUT2D eigenvalue weighted by molar-refractivity contribution is 0.475. The number of rotatable bonds is 1. The summed E-state index contributed by atoms with van der Waals surface area (Å²) in [6.45, 7) is 0. The van der Waals surface area contributed by atoms with Crippen LogP contribution in [0.3, 0.4) is 0 Å². The van der Waals surface area contributed by atoms with Crippen LogP contribution in [0.5, 0.6) is 5.75 Å². The molecule has 1 heterocycles. The minimum atomic E-state index is 0.241. The highest BCUT2D eigenvalue weighted by molar-refractivity contribution is 5.92. The third-order valence-corrected chi connectivity index (χ3v) is 2.66. The van der Waals surface area contributed by atoms with Gasteiger partial charge in [0.2, 0.25) is 0 Å². The van der Waals surface area contributed by atoms with E-state index in [9.17, 15) is 5.11 Å². The number of benzene rings is 2. The molecule has 2 aromatic carbocycles. The van der Waals surface area contributed by atoms with Gasteiger partial charge in [-0.05, 0) is 18.2 Å². The van der Waals surface area contributed by atoms with E-state index in [-0.39, 0.29) is 5.75 Å². The molecule has 0 radical (unpaired) electrons. The van der Waals surface area contributed by atoms with E-state index in [1.807, 2.05) is 36.4 Å². The standard InChI is InChI=1S/C14H10N2O/c17-11-5-3-4-10(8-11)14-12-6-1-2-7-13(12)15-9-16-14/h1-9,17H. The first kappa shape index (κ1) is 9.78. The molecule has 0 saturated carbocycles. The maximum atomic E-state index is 9.50. The second kappa shape index (κ2) is 3.87. The van der Waals surface area contributed by atoms with Crippen molar-refractivity contribution in [3.8, 4) is 17.0 Å². The zero-order chi connectivity index (χ0) is 11.7. The molecular weight excluding hydrogens is 212 g/mol. The van der Waals surface area contributed by atoms with Crippen LogP contribution in [0.4, 0.5) is 0 Å². The Morgan fingerprint density at radius 2 is 1.76 bits per heavy atom. The van der Waals surface area contributed by atoms with E-state index in [4.69, 9.17) is 0 Å². The Kier molecular flexibility index (Phi) is 2.22. The van der Waals surface area contributed by atoms with Crippen LogP contribution in [-0.2, 0) is 0 Å². The van der Waals surface area contributed by atoms with Crippen LogP contribution < -0.4 is 0 Å². The first-order valence-corrected chi connectivity index (χ1v) is 5.34. The average Bonchev–Trinajstić information content (AvgIpc) is 2.38. The number of hydrogen-bond donors (Lipinski definition) is 1. The summed E-state index contributed by atoms with van der Waals surface area (Å²) in [5.41, 5.74) is 2.64. The lowest BCUT2D eigenvalue weighted by atomic mass is 10.1. The van der Waals surface area contributed by atoms with Crippen molar-refractivity contribution in [1.29, 1.82) is 0 Å². The fourth-order valence-electron chi connectivity index (χ4n) is 1.89. The fourth-order valence-corrected chi connectivity index (χ4v) is 1.89. The highest BCUT2D eigenvalue weighted by Crippen LogP contribution is 2.26. The zero-order valence-electron chi connectivity index (χ0n) is 9.04. The molecule has 0 spiro atoms. The largest absolute Gasteiger partial charge is 0.508 e. The van der Waals surface area contributed by atoms with Crippen LogP contribution in [0.1, 0.15) is 0 Å². The van der Waals surface area contributed by atoms with Gasteiger partial charge < -0.3 is 5.11 Å². The van der Waals surface area contributed by atoms with Gasteiger partial charge in [-0.3, -0.25) is 0 Å². The fraction of sp³-hybridized carbons (Fsp3) is 0. The first-order valence-electron chi connectivity index (χ1n) is 5.34. The molecule has 17 heavy (non-hydrogen) atoms. The SMILES string of the molecule is Oc1cccc(-c2ncnc3ccccc23)c1.